The fourth-order valence-electron chi connectivity index (χ4n) is 5.13. The molecule has 0 bridgehead atoms. The second kappa shape index (κ2) is 13.5. The first-order valence-electron chi connectivity index (χ1n) is 14.8. The normalized spacial score (nSPS) is 12.3. The van der Waals surface area contributed by atoms with Gasteiger partial charge in [-0.3, -0.25) is 9.44 Å². The number of carbonyl (C=O) groups excluding carboxylic acids is 1. The van der Waals surface area contributed by atoms with E-state index in [-0.39, 0.29) is 31.0 Å². The maximum Gasteiger partial charge on any atom is 0.323 e. The second-order valence-corrected chi connectivity index (χ2v) is 17.9. The molecule has 0 heterocycles. The van der Waals surface area contributed by atoms with E-state index in [2.05, 4.69) is 20.1 Å². The minimum atomic E-state index is -4.15. The average Bonchev–Trinajstić information content (AvgIpc) is 3.06. The van der Waals surface area contributed by atoms with Gasteiger partial charge in [0.25, 0.3) is 20.0 Å². The summed E-state index contributed by atoms with van der Waals surface area (Å²) >= 11 is 0. The van der Waals surface area contributed by atoms with E-state index < -0.39 is 46.1 Å². The van der Waals surface area contributed by atoms with Crippen molar-refractivity contribution in [1.29, 1.82) is 0 Å². The average molecular weight is 781 g/mol. The van der Waals surface area contributed by atoms with Crippen LogP contribution < -0.4 is 30.4 Å². The van der Waals surface area contributed by atoms with E-state index >= 15 is 0 Å². The first-order chi connectivity index (χ1) is 24.4. The molecular weight excluding hydrogens is 753 g/mol. The molecule has 0 unspecified atom stereocenters. The molecule has 15 nitrogen and oxygen atoms in total. The zero-order valence-electron chi connectivity index (χ0n) is 26.5. The molecule has 0 aliphatic heterocycles. The SMILES string of the molecule is NS(=O)(=O)c1cccc(NS(=O)(=O)c2ccc3ccc(NC(=O)Nc4ccc5ccc(S(=O)(=O)Nc6cccc(S(N)(=O)=O)c6)cc5c4)cc3c2)c1. The molecule has 6 rings (SSSR count). The van der Waals surface area contributed by atoms with Crippen molar-refractivity contribution in [2.45, 2.75) is 19.6 Å². The Bertz CT molecular complexity index is 2670. The fraction of sp³-hybridized carbons (Fsp3) is 0. The molecule has 19 heteroatoms. The minimum Gasteiger partial charge on any atom is -0.308 e. The Morgan fingerprint density at radius 3 is 1.17 bits per heavy atom. The first kappa shape index (κ1) is 36.2. The lowest BCUT2D eigenvalue weighted by Gasteiger charge is -2.12. The van der Waals surface area contributed by atoms with Crippen LogP contribution in [0.5, 0.6) is 0 Å². The predicted molar refractivity (Wildman–Crippen MR) is 198 cm³/mol. The number of benzene rings is 6. The number of amides is 2. The summed E-state index contributed by atoms with van der Waals surface area (Å²) in [6.45, 7) is 0. The molecule has 0 aromatic heterocycles. The van der Waals surface area contributed by atoms with Gasteiger partial charge in [0.1, 0.15) is 0 Å². The van der Waals surface area contributed by atoms with E-state index in [9.17, 15) is 38.5 Å². The third-order valence-electron chi connectivity index (χ3n) is 7.59. The van der Waals surface area contributed by atoms with Gasteiger partial charge in [-0.15, -0.1) is 0 Å². The molecule has 2 amide bonds. The third-order valence-corrected chi connectivity index (χ3v) is 12.2. The highest BCUT2D eigenvalue weighted by Crippen LogP contribution is 2.27. The number of hydrogen-bond donors (Lipinski definition) is 6. The number of primary sulfonamides is 2. The van der Waals surface area contributed by atoms with Crippen molar-refractivity contribution in [2.75, 3.05) is 20.1 Å². The van der Waals surface area contributed by atoms with Crippen LogP contribution in [-0.2, 0) is 40.1 Å². The highest BCUT2D eigenvalue weighted by molar-refractivity contribution is 7.93. The second-order valence-electron chi connectivity index (χ2n) is 11.4. The lowest BCUT2D eigenvalue weighted by molar-refractivity contribution is 0.262. The zero-order valence-corrected chi connectivity index (χ0v) is 29.8. The van der Waals surface area contributed by atoms with Gasteiger partial charge >= 0.3 is 6.03 Å². The Morgan fingerprint density at radius 1 is 0.404 bits per heavy atom. The predicted octanol–water partition coefficient (Wildman–Crippen LogP) is 4.53. The number of carbonyl (C=O) groups is 1. The third kappa shape index (κ3) is 8.31. The number of fused-ring (bicyclic) bond motifs is 2. The van der Waals surface area contributed by atoms with Gasteiger partial charge in [-0.25, -0.2) is 48.7 Å². The van der Waals surface area contributed by atoms with Crippen LogP contribution in [-0.4, -0.2) is 39.7 Å². The van der Waals surface area contributed by atoms with Gasteiger partial charge in [-0.1, -0.05) is 36.4 Å². The molecule has 0 fully saturated rings. The maximum atomic E-state index is 13.1. The quantitative estimate of drug-likeness (QED) is 0.114. The van der Waals surface area contributed by atoms with Crippen molar-refractivity contribution < 1.29 is 38.5 Å². The number of sulfonamides is 4. The first-order valence-corrected chi connectivity index (χ1v) is 20.9. The molecule has 0 saturated heterocycles. The minimum absolute atomic E-state index is 0.00458. The Balaban J connectivity index is 1.17. The Kier molecular flexibility index (Phi) is 9.42. The van der Waals surface area contributed by atoms with E-state index in [1.165, 1.54) is 60.7 Å². The summed E-state index contributed by atoms with van der Waals surface area (Å²) in [5, 5.41) is 18.0. The number of urea groups is 1. The van der Waals surface area contributed by atoms with Gasteiger partial charge in [-0.05, 0) is 106 Å². The van der Waals surface area contributed by atoms with Crippen LogP contribution >= 0.6 is 0 Å². The van der Waals surface area contributed by atoms with Gasteiger partial charge in [-0.2, -0.15) is 0 Å². The van der Waals surface area contributed by atoms with Crippen LogP contribution in [0, 0.1) is 0 Å². The molecule has 6 aromatic rings. The van der Waals surface area contributed by atoms with E-state index in [1.54, 1.807) is 48.5 Å². The molecule has 6 aromatic carbocycles. The molecule has 52 heavy (non-hydrogen) atoms. The molecular formula is C33H28N6O9S4. The number of hydrogen-bond acceptors (Lipinski definition) is 9. The summed E-state index contributed by atoms with van der Waals surface area (Å²) < 4.78 is 104. The summed E-state index contributed by atoms with van der Waals surface area (Å²) in [5.74, 6) is 0. The monoisotopic (exact) mass is 780 g/mol. The van der Waals surface area contributed by atoms with Crippen molar-refractivity contribution in [2.24, 2.45) is 10.3 Å². The molecule has 0 aliphatic carbocycles. The number of nitrogens with one attached hydrogen (secondary N) is 4. The molecule has 8 N–H and O–H groups in total. The molecule has 0 spiro atoms. The van der Waals surface area contributed by atoms with Crippen molar-refractivity contribution in [3.8, 4) is 0 Å². The number of rotatable bonds is 10. The molecule has 0 radical (unpaired) electrons. The fourth-order valence-corrected chi connectivity index (χ4v) is 8.42. The smallest absolute Gasteiger partial charge is 0.308 e. The summed E-state index contributed by atoms with van der Waals surface area (Å²) in [6, 6.07) is 27.9. The van der Waals surface area contributed by atoms with Crippen molar-refractivity contribution in [3.63, 3.8) is 0 Å². The van der Waals surface area contributed by atoms with Gasteiger partial charge in [0, 0.05) is 11.4 Å². The highest BCUT2D eigenvalue weighted by atomic mass is 32.2. The van der Waals surface area contributed by atoms with Crippen LogP contribution in [0.2, 0.25) is 0 Å². The number of anilines is 4. The van der Waals surface area contributed by atoms with Crippen LogP contribution in [0.4, 0.5) is 27.5 Å². The molecule has 0 aliphatic rings. The molecule has 0 atom stereocenters. The van der Waals surface area contributed by atoms with Crippen molar-refractivity contribution >= 4 is 90.4 Å². The lowest BCUT2D eigenvalue weighted by Crippen LogP contribution is -2.19. The van der Waals surface area contributed by atoms with Crippen LogP contribution in [0.25, 0.3) is 21.5 Å². The largest absolute Gasteiger partial charge is 0.323 e. The molecule has 268 valence electrons. The topological polar surface area (TPSA) is 254 Å². The van der Waals surface area contributed by atoms with Crippen LogP contribution in [0.3, 0.4) is 0 Å². The van der Waals surface area contributed by atoms with Gasteiger partial charge in [0.05, 0.1) is 31.0 Å². The zero-order chi connectivity index (χ0) is 37.5. The van der Waals surface area contributed by atoms with Crippen molar-refractivity contribution in [1.82, 2.24) is 0 Å². The van der Waals surface area contributed by atoms with Crippen molar-refractivity contribution in [3.05, 3.63) is 121 Å². The Hall–Kier alpha value is -5.57. The standard InChI is InChI=1S/C33H28N6O9S4/c34-49(41,42)29-5-1-3-27(19-29)38-51(45,46)31-13-9-21-7-11-25(15-23(21)17-31)36-33(40)37-26-12-8-22-10-14-32(18-24(22)16-26)52(47,48)39-28-4-2-6-30(20-28)50(35,43)44/h1-20,38-39H,(H2,34,41,42)(H2,35,43,44)(H2,36,37,40). The van der Waals surface area contributed by atoms with Gasteiger partial charge in [0.2, 0.25) is 20.0 Å². The number of nitrogens with two attached hydrogens (primary N) is 2. The lowest BCUT2D eigenvalue weighted by atomic mass is 10.1. The van der Waals surface area contributed by atoms with E-state index in [0.717, 1.165) is 12.1 Å². The van der Waals surface area contributed by atoms with Crippen LogP contribution in [0.1, 0.15) is 0 Å². The summed E-state index contributed by atoms with van der Waals surface area (Å²) in [7, 11) is -16.4. The highest BCUT2D eigenvalue weighted by Gasteiger charge is 2.19. The van der Waals surface area contributed by atoms with E-state index in [0.29, 0.717) is 32.9 Å². The molecule has 0 saturated carbocycles. The summed E-state index contributed by atoms with van der Waals surface area (Å²) in [5.41, 5.74) is 0.658. The summed E-state index contributed by atoms with van der Waals surface area (Å²) in [6.07, 6.45) is 0. The van der Waals surface area contributed by atoms with E-state index in [4.69, 9.17) is 10.3 Å². The maximum absolute atomic E-state index is 13.1. The Morgan fingerprint density at radius 2 is 0.788 bits per heavy atom. The van der Waals surface area contributed by atoms with Gasteiger partial charge < -0.3 is 10.6 Å². The van der Waals surface area contributed by atoms with E-state index in [1.807, 2.05) is 0 Å². The Labute approximate surface area is 298 Å². The van der Waals surface area contributed by atoms with Crippen LogP contribution in [0.15, 0.2) is 141 Å². The van der Waals surface area contributed by atoms with Gasteiger partial charge in [0.15, 0.2) is 0 Å². The summed E-state index contributed by atoms with van der Waals surface area (Å²) in [4.78, 5) is 12.2.